The van der Waals surface area contributed by atoms with E-state index >= 15 is 0 Å². The minimum atomic E-state index is -3.40. The third-order valence-electron chi connectivity index (χ3n) is 4.23. The van der Waals surface area contributed by atoms with Crippen molar-refractivity contribution < 1.29 is 8.42 Å². The van der Waals surface area contributed by atoms with Crippen LogP contribution in [0.3, 0.4) is 0 Å². The molecular formula is C18H19N5O2S2. The third kappa shape index (κ3) is 3.18. The summed E-state index contributed by atoms with van der Waals surface area (Å²) >= 11 is 1.26. The van der Waals surface area contributed by atoms with E-state index in [-0.39, 0.29) is 0 Å². The van der Waals surface area contributed by atoms with Crippen LogP contribution >= 0.6 is 11.3 Å². The first-order valence-electron chi connectivity index (χ1n) is 8.36. The molecule has 0 saturated carbocycles. The molecule has 3 heterocycles. The Balaban J connectivity index is 1.67. The summed E-state index contributed by atoms with van der Waals surface area (Å²) in [7, 11) is -0.336. The van der Waals surface area contributed by atoms with Crippen molar-refractivity contribution in [1.29, 1.82) is 0 Å². The lowest BCUT2D eigenvalue weighted by Gasteiger charge is -2.10. The van der Waals surface area contributed by atoms with E-state index in [1.807, 2.05) is 47.8 Å². The first-order chi connectivity index (χ1) is 12.9. The Kier molecular flexibility index (Phi) is 4.37. The summed E-state index contributed by atoms with van der Waals surface area (Å²) in [5, 5.41) is 8.82. The van der Waals surface area contributed by atoms with Gasteiger partial charge in [-0.25, -0.2) is 22.2 Å². The van der Waals surface area contributed by atoms with Crippen LogP contribution in [-0.2, 0) is 16.6 Å². The van der Waals surface area contributed by atoms with E-state index in [1.54, 1.807) is 6.07 Å². The number of aryl methyl sites for hydroxylation is 1. The zero-order chi connectivity index (χ0) is 19.2. The number of aromatic nitrogens is 3. The maximum absolute atomic E-state index is 12.2. The van der Waals surface area contributed by atoms with Gasteiger partial charge >= 0.3 is 0 Å². The van der Waals surface area contributed by atoms with Crippen LogP contribution in [0.1, 0.15) is 10.6 Å². The number of rotatable bonds is 5. The van der Waals surface area contributed by atoms with Crippen LogP contribution in [0.25, 0.3) is 16.6 Å². The van der Waals surface area contributed by atoms with Crippen LogP contribution in [-0.4, -0.2) is 41.4 Å². The van der Waals surface area contributed by atoms with Gasteiger partial charge in [0.05, 0.1) is 17.8 Å². The number of benzene rings is 1. The Morgan fingerprint density at radius 2 is 1.96 bits per heavy atom. The second kappa shape index (κ2) is 6.59. The van der Waals surface area contributed by atoms with Crippen molar-refractivity contribution in [1.82, 2.24) is 18.9 Å². The van der Waals surface area contributed by atoms with Gasteiger partial charge in [-0.15, -0.1) is 11.3 Å². The van der Waals surface area contributed by atoms with Crippen molar-refractivity contribution in [2.24, 2.45) is 0 Å². The highest BCUT2D eigenvalue weighted by atomic mass is 32.2. The van der Waals surface area contributed by atoms with E-state index in [0.717, 1.165) is 32.9 Å². The minimum absolute atomic E-state index is 0.337. The average molecular weight is 402 g/mol. The van der Waals surface area contributed by atoms with Gasteiger partial charge in [-0.3, -0.25) is 0 Å². The van der Waals surface area contributed by atoms with Gasteiger partial charge in [0.1, 0.15) is 10.0 Å². The van der Waals surface area contributed by atoms with Crippen LogP contribution in [0, 0.1) is 6.92 Å². The molecular weight excluding hydrogens is 382 g/mol. The number of nitrogens with zero attached hydrogens (tertiary/aromatic N) is 4. The first kappa shape index (κ1) is 17.9. The summed E-state index contributed by atoms with van der Waals surface area (Å²) in [5.41, 5.74) is 2.65. The van der Waals surface area contributed by atoms with Crippen molar-refractivity contribution in [3.63, 3.8) is 0 Å². The molecule has 3 aromatic heterocycles. The fraction of sp³-hybridized carbons (Fsp3) is 0.222. The molecule has 9 heteroatoms. The molecule has 1 aromatic carbocycles. The monoisotopic (exact) mass is 401 g/mol. The number of fused-ring (bicyclic) bond motifs is 3. The van der Waals surface area contributed by atoms with E-state index in [2.05, 4.69) is 10.4 Å². The smallest absolute Gasteiger partial charge is 0.252 e. The molecule has 4 aromatic rings. The zero-order valence-corrected chi connectivity index (χ0v) is 16.8. The number of nitrogens with one attached hydrogen (secondary N) is 1. The maximum atomic E-state index is 12.2. The van der Waals surface area contributed by atoms with Gasteiger partial charge in [0.25, 0.3) is 10.0 Å². The molecule has 0 atom stereocenters. The summed E-state index contributed by atoms with van der Waals surface area (Å²) in [6.45, 7) is 2.43. The van der Waals surface area contributed by atoms with E-state index < -0.39 is 10.0 Å². The van der Waals surface area contributed by atoms with E-state index in [0.29, 0.717) is 10.8 Å². The van der Waals surface area contributed by atoms with Gasteiger partial charge < -0.3 is 5.32 Å². The van der Waals surface area contributed by atoms with Gasteiger partial charge in [-0.2, -0.15) is 5.10 Å². The number of anilines is 1. The van der Waals surface area contributed by atoms with Crippen molar-refractivity contribution in [3.05, 3.63) is 53.0 Å². The Morgan fingerprint density at radius 3 is 2.74 bits per heavy atom. The molecule has 1 N–H and O–H groups in total. The van der Waals surface area contributed by atoms with Gasteiger partial charge in [-0.05, 0) is 31.2 Å². The standard InChI is InChI=1S/C18H19N5O2S2/c1-12-10-16-20-18(14-6-4-5-7-15(14)23(16)21-12)19-11-13-8-9-17(26-13)27(24,25)22(2)3/h4-10H,11H2,1-3H3,(H,19,20). The fourth-order valence-corrected chi connectivity index (χ4v) is 5.32. The summed E-state index contributed by atoms with van der Waals surface area (Å²) in [6, 6.07) is 13.4. The summed E-state index contributed by atoms with van der Waals surface area (Å²) in [5.74, 6) is 0.753. The van der Waals surface area contributed by atoms with Crippen LogP contribution in [0.15, 0.2) is 46.7 Å². The predicted molar refractivity (Wildman–Crippen MR) is 108 cm³/mol. The number of para-hydroxylation sites is 1. The number of hydrogen-bond acceptors (Lipinski definition) is 6. The molecule has 0 aliphatic carbocycles. The van der Waals surface area contributed by atoms with Gasteiger partial charge in [0.15, 0.2) is 5.65 Å². The van der Waals surface area contributed by atoms with E-state index in [9.17, 15) is 8.42 Å². The highest BCUT2D eigenvalue weighted by molar-refractivity contribution is 7.91. The molecule has 4 rings (SSSR count). The largest absolute Gasteiger partial charge is 0.365 e. The third-order valence-corrected chi connectivity index (χ3v) is 7.60. The molecule has 0 aliphatic heterocycles. The van der Waals surface area contributed by atoms with E-state index in [1.165, 1.54) is 29.7 Å². The zero-order valence-electron chi connectivity index (χ0n) is 15.2. The highest BCUT2D eigenvalue weighted by Gasteiger charge is 2.19. The molecule has 0 radical (unpaired) electrons. The Morgan fingerprint density at radius 1 is 1.19 bits per heavy atom. The lowest BCUT2D eigenvalue weighted by atomic mass is 10.2. The fourth-order valence-electron chi connectivity index (χ4n) is 2.85. The van der Waals surface area contributed by atoms with Crippen molar-refractivity contribution in [3.8, 4) is 0 Å². The minimum Gasteiger partial charge on any atom is -0.365 e. The second-order valence-corrected chi connectivity index (χ2v) is 9.94. The summed E-state index contributed by atoms with van der Waals surface area (Å²) < 4.78 is 27.9. The van der Waals surface area contributed by atoms with Crippen LogP contribution < -0.4 is 5.32 Å². The molecule has 140 valence electrons. The first-order valence-corrected chi connectivity index (χ1v) is 10.6. The molecule has 0 bridgehead atoms. The van der Waals surface area contributed by atoms with Crippen LogP contribution in [0.5, 0.6) is 0 Å². The van der Waals surface area contributed by atoms with Gasteiger partial charge in [0, 0.05) is 30.4 Å². The van der Waals surface area contributed by atoms with Gasteiger partial charge in [-0.1, -0.05) is 12.1 Å². The van der Waals surface area contributed by atoms with E-state index in [4.69, 9.17) is 4.98 Å². The molecule has 0 unspecified atom stereocenters. The Labute approximate surface area is 161 Å². The topological polar surface area (TPSA) is 79.6 Å². The quantitative estimate of drug-likeness (QED) is 0.556. The van der Waals surface area contributed by atoms with Crippen molar-refractivity contribution >= 4 is 43.7 Å². The maximum Gasteiger partial charge on any atom is 0.252 e. The lowest BCUT2D eigenvalue weighted by Crippen LogP contribution is -2.21. The molecule has 0 aliphatic rings. The molecule has 0 amide bonds. The van der Waals surface area contributed by atoms with Crippen molar-refractivity contribution in [2.45, 2.75) is 17.7 Å². The molecule has 0 spiro atoms. The van der Waals surface area contributed by atoms with Gasteiger partial charge in [0.2, 0.25) is 0 Å². The SMILES string of the molecule is Cc1cc2nc(NCc3ccc(S(=O)(=O)N(C)C)s3)c3ccccc3n2n1. The molecule has 27 heavy (non-hydrogen) atoms. The Bertz CT molecular complexity index is 1240. The molecule has 0 saturated heterocycles. The number of thiophene rings is 1. The van der Waals surface area contributed by atoms with Crippen LogP contribution in [0.4, 0.5) is 5.82 Å². The second-order valence-electron chi connectivity index (χ2n) is 6.40. The molecule has 0 fully saturated rings. The lowest BCUT2D eigenvalue weighted by molar-refractivity contribution is 0.523. The normalized spacial score (nSPS) is 12.3. The highest BCUT2D eigenvalue weighted by Crippen LogP contribution is 2.27. The Hall–Kier alpha value is -2.49. The average Bonchev–Trinajstić information content (AvgIpc) is 3.25. The predicted octanol–water partition coefficient (Wildman–Crippen LogP) is 3.11. The molecule has 7 nitrogen and oxygen atoms in total. The van der Waals surface area contributed by atoms with Crippen molar-refractivity contribution in [2.75, 3.05) is 19.4 Å². The number of sulfonamides is 1. The summed E-state index contributed by atoms with van der Waals surface area (Å²) in [4.78, 5) is 5.61. The number of hydrogen-bond donors (Lipinski definition) is 1. The summed E-state index contributed by atoms with van der Waals surface area (Å²) in [6.07, 6.45) is 0. The van der Waals surface area contributed by atoms with Crippen LogP contribution in [0.2, 0.25) is 0 Å².